The molecule has 0 aliphatic carbocycles. The van der Waals surface area contributed by atoms with E-state index in [1.54, 1.807) is 19.2 Å². The average molecular weight is 466 g/mol. The summed E-state index contributed by atoms with van der Waals surface area (Å²) >= 11 is 6.63. The Balaban J connectivity index is 1.60. The van der Waals surface area contributed by atoms with E-state index in [2.05, 4.69) is 9.97 Å². The molecule has 0 saturated heterocycles. The molecular formula is C22H15N3O5S2. The molecule has 2 aromatic carbocycles. The minimum Gasteiger partial charge on any atom is -0.493 e. The topological polar surface area (TPSA) is 88.6 Å². The Labute approximate surface area is 190 Å². The molecule has 0 radical (unpaired) electrons. The highest BCUT2D eigenvalue weighted by atomic mass is 32.1. The van der Waals surface area contributed by atoms with Gasteiger partial charge in [-0.2, -0.15) is 0 Å². The van der Waals surface area contributed by atoms with Crippen LogP contribution in [0, 0.1) is 4.84 Å². The molecule has 3 heterocycles. The molecule has 8 nitrogen and oxygen atoms in total. The summed E-state index contributed by atoms with van der Waals surface area (Å²) in [6.07, 6.45) is 1.48. The van der Waals surface area contributed by atoms with Crippen molar-refractivity contribution in [3.63, 3.8) is 0 Å². The lowest BCUT2D eigenvalue weighted by atomic mass is 10.3. The van der Waals surface area contributed by atoms with E-state index in [4.69, 9.17) is 30.8 Å². The van der Waals surface area contributed by atoms with E-state index in [1.807, 2.05) is 36.4 Å². The van der Waals surface area contributed by atoms with Crippen LogP contribution in [0.1, 0.15) is 0 Å². The van der Waals surface area contributed by atoms with Crippen LogP contribution in [-0.2, 0) is 0 Å². The molecule has 0 spiro atoms. The molecule has 160 valence electrons. The molecule has 5 rings (SSSR count). The Morgan fingerprint density at radius 2 is 1.81 bits per heavy atom. The zero-order valence-electron chi connectivity index (χ0n) is 16.9. The number of hydrogen-bond acceptors (Lipinski definition) is 9. The fraction of sp³-hybridized carbons (Fsp3) is 0.0909. The lowest BCUT2D eigenvalue weighted by Crippen LogP contribution is -2.20. The summed E-state index contributed by atoms with van der Waals surface area (Å²) in [6, 6.07) is 14.4. The Hall–Kier alpha value is -3.76. The van der Waals surface area contributed by atoms with Crippen molar-refractivity contribution in [3.05, 3.63) is 69.9 Å². The molecule has 0 aliphatic rings. The van der Waals surface area contributed by atoms with Crippen LogP contribution in [0.4, 0.5) is 0 Å². The number of nitrogens with zero attached hydrogens (tertiary/aromatic N) is 3. The second-order valence-electron chi connectivity index (χ2n) is 6.58. The second kappa shape index (κ2) is 8.06. The highest BCUT2D eigenvalue weighted by Gasteiger charge is 2.17. The van der Waals surface area contributed by atoms with Crippen molar-refractivity contribution in [1.82, 2.24) is 14.5 Å². The number of benzene rings is 2. The summed E-state index contributed by atoms with van der Waals surface area (Å²) in [5.41, 5.74) is 0.573. The smallest absolute Gasteiger partial charge is 0.290 e. The normalized spacial score (nSPS) is 11.1. The zero-order valence-corrected chi connectivity index (χ0v) is 18.5. The number of pyridine rings is 1. The molecular weight excluding hydrogens is 450 g/mol. The first-order valence-electron chi connectivity index (χ1n) is 9.39. The van der Waals surface area contributed by atoms with E-state index in [9.17, 15) is 4.79 Å². The van der Waals surface area contributed by atoms with Gasteiger partial charge in [0.1, 0.15) is 5.75 Å². The number of thiazole rings is 1. The van der Waals surface area contributed by atoms with Crippen LogP contribution in [0.15, 0.2) is 63.9 Å². The van der Waals surface area contributed by atoms with Crippen molar-refractivity contribution in [2.45, 2.75) is 0 Å². The molecule has 0 fully saturated rings. The first-order chi connectivity index (χ1) is 15.6. The molecule has 10 heteroatoms. The van der Waals surface area contributed by atoms with Crippen molar-refractivity contribution in [1.29, 1.82) is 0 Å². The average Bonchev–Trinajstić information content (AvgIpc) is 3.22. The third kappa shape index (κ3) is 3.39. The Morgan fingerprint density at radius 3 is 2.59 bits per heavy atom. The van der Waals surface area contributed by atoms with E-state index in [1.165, 1.54) is 29.2 Å². The molecule has 0 amide bonds. The number of rotatable bonds is 5. The fourth-order valence-corrected chi connectivity index (χ4v) is 4.51. The van der Waals surface area contributed by atoms with Gasteiger partial charge in [0.15, 0.2) is 22.8 Å². The van der Waals surface area contributed by atoms with Crippen molar-refractivity contribution < 1.29 is 18.6 Å². The molecule has 0 unspecified atom stereocenters. The molecule has 0 bridgehead atoms. The van der Waals surface area contributed by atoms with Gasteiger partial charge in [-0.25, -0.2) is 14.5 Å². The molecule has 0 atom stereocenters. The lowest BCUT2D eigenvalue weighted by Gasteiger charge is -2.09. The summed E-state index contributed by atoms with van der Waals surface area (Å²) < 4.78 is 24.3. The van der Waals surface area contributed by atoms with Crippen molar-refractivity contribution in [2.75, 3.05) is 14.2 Å². The number of hydrogen-bond donors (Lipinski definition) is 0. The van der Waals surface area contributed by atoms with Crippen LogP contribution in [0.3, 0.4) is 0 Å². The highest BCUT2D eigenvalue weighted by Crippen LogP contribution is 2.34. The van der Waals surface area contributed by atoms with Crippen molar-refractivity contribution in [2.24, 2.45) is 0 Å². The summed E-state index contributed by atoms with van der Waals surface area (Å²) in [6.45, 7) is 0. The minimum absolute atomic E-state index is 0.0432. The maximum atomic E-state index is 13.1. The van der Waals surface area contributed by atoms with Gasteiger partial charge in [0.05, 0.1) is 24.4 Å². The molecule has 5 aromatic rings. The van der Waals surface area contributed by atoms with Gasteiger partial charge in [0.2, 0.25) is 10.7 Å². The zero-order chi connectivity index (χ0) is 22.2. The second-order valence-corrected chi connectivity index (χ2v) is 7.94. The van der Waals surface area contributed by atoms with Gasteiger partial charge in [-0.1, -0.05) is 23.5 Å². The van der Waals surface area contributed by atoms with Crippen molar-refractivity contribution in [3.8, 4) is 28.1 Å². The van der Waals surface area contributed by atoms with Gasteiger partial charge in [0.25, 0.3) is 10.4 Å². The Bertz CT molecular complexity index is 1590. The standard InChI is InChI=1S/C22H15N3O5S2/c1-27-14-5-3-4-6-15(14)29-12-7-8-13-17(11-12)32-21(24-13)25-20(26)18-19(30-22(25)31)16(28-2)9-10-23-18/h3-11H,1-2H3. The van der Waals surface area contributed by atoms with Gasteiger partial charge in [-0.3, -0.25) is 4.79 Å². The van der Waals surface area contributed by atoms with Crippen LogP contribution in [0.25, 0.3) is 26.4 Å². The van der Waals surface area contributed by atoms with Gasteiger partial charge >= 0.3 is 0 Å². The number of methoxy groups -OCH3 is 2. The van der Waals surface area contributed by atoms with E-state index >= 15 is 0 Å². The molecule has 0 N–H and O–H groups in total. The predicted molar refractivity (Wildman–Crippen MR) is 123 cm³/mol. The van der Waals surface area contributed by atoms with Crippen LogP contribution >= 0.6 is 23.6 Å². The number of aromatic nitrogens is 3. The fourth-order valence-electron chi connectivity index (χ4n) is 3.21. The quantitative estimate of drug-likeness (QED) is 0.330. The SMILES string of the molecule is COc1ccccc1Oc1ccc2nc(-n3c(=S)oc4c(OC)ccnc4c3=O)sc2c1. The van der Waals surface area contributed by atoms with Gasteiger partial charge < -0.3 is 18.6 Å². The van der Waals surface area contributed by atoms with E-state index in [0.717, 1.165) is 4.70 Å². The van der Waals surface area contributed by atoms with E-state index in [-0.39, 0.29) is 15.9 Å². The number of para-hydroxylation sites is 2. The Kier molecular flexibility index (Phi) is 5.08. The van der Waals surface area contributed by atoms with Gasteiger partial charge in [-0.05, 0) is 36.5 Å². The number of ether oxygens (including phenoxy) is 3. The highest BCUT2D eigenvalue weighted by molar-refractivity contribution is 7.71. The summed E-state index contributed by atoms with van der Waals surface area (Å²) in [4.78, 5) is 21.8. The first kappa shape index (κ1) is 20.2. The van der Waals surface area contributed by atoms with Gasteiger partial charge in [-0.15, -0.1) is 0 Å². The van der Waals surface area contributed by atoms with Crippen LogP contribution < -0.4 is 19.8 Å². The molecule has 3 aromatic heterocycles. The maximum Gasteiger partial charge on any atom is 0.290 e. The minimum atomic E-state index is -0.431. The largest absolute Gasteiger partial charge is 0.493 e. The molecule has 32 heavy (non-hydrogen) atoms. The third-order valence-electron chi connectivity index (χ3n) is 4.70. The van der Waals surface area contributed by atoms with Gasteiger partial charge in [0, 0.05) is 18.3 Å². The van der Waals surface area contributed by atoms with Crippen LogP contribution in [0.2, 0.25) is 0 Å². The summed E-state index contributed by atoms with van der Waals surface area (Å²) in [5, 5.41) is 0.375. The molecule has 0 aliphatic heterocycles. The lowest BCUT2D eigenvalue weighted by molar-refractivity contribution is 0.379. The summed E-state index contributed by atoms with van der Waals surface area (Å²) in [7, 11) is 3.07. The van der Waals surface area contributed by atoms with E-state index < -0.39 is 5.56 Å². The van der Waals surface area contributed by atoms with Crippen molar-refractivity contribution >= 4 is 44.9 Å². The first-order valence-corrected chi connectivity index (χ1v) is 10.6. The number of fused-ring (bicyclic) bond motifs is 2. The van der Waals surface area contributed by atoms with Crippen LogP contribution in [-0.4, -0.2) is 28.8 Å². The van der Waals surface area contributed by atoms with E-state index in [0.29, 0.717) is 33.6 Å². The Morgan fingerprint density at radius 1 is 1.03 bits per heavy atom. The van der Waals surface area contributed by atoms with Crippen LogP contribution in [0.5, 0.6) is 23.0 Å². The maximum absolute atomic E-state index is 13.1. The molecule has 0 saturated carbocycles. The summed E-state index contributed by atoms with van der Waals surface area (Å²) in [5.74, 6) is 2.21. The predicted octanol–water partition coefficient (Wildman–Crippen LogP) is 5.13. The monoisotopic (exact) mass is 465 g/mol. The third-order valence-corrected chi connectivity index (χ3v) is 5.97.